The average molecular weight is 485 g/mol. The molecule has 1 saturated heterocycles. The minimum Gasteiger partial charge on any atom is -0.457 e. The summed E-state index contributed by atoms with van der Waals surface area (Å²) >= 11 is 4.67. The van der Waals surface area contributed by atoms with Gasteiger partial charge in [0.1, 0.15) is 0 Å². The molecule has 0 radical (unpaired) electrons. The summed E-state index contributed by atoms with van der Waals surface area (Å²) in [7, 11) is 0. The standard InChI is InChI=1S/C22H17BrN2O4S/c23-17-8-6-15(7-9-17)19(26)12-29-21(28)16-10-20(27)25(11-16)22-24-18(13-30-22)14-4-2-1-3-5-14/h1-9,13,16H,10-12H2/t16-/m1/s1. The van der Waals surface area contributed by atoms with Crippen molar-refractivity contribution in [1.82, 2.24) is 4.98 Å². The van der Waals surface area contributed by atoms with Crippen molar-refractivity contribution in [1.29, 1.82) is 0 Å². The van der Waals surface area contributed by atoms with Crippen LogP contribution in [0.15, 0.2) is 64.5 Å². The average Bonchev–Trinajstić information content (AvgIpc) is 3.40. The maximum absolute atomic E-state index is 12.4. The predicted molar refractivity (Wildman–Crippen MR) is 117 cm³/mol. The minimum absolute atomic E-state index is 0.0472. The van der Waals surface area contributed by atoms with Crippen LogP contribution in [-0.2, 0) is 14.3 Å². The first-order valence-corrected chi connectivity index (χ1v) is 11.0. The highest BCUT2D eigenvalue weighted by atomic mass is 79.9. The van der Waals surface area contributed by atoms with Crippen LogP contribution in [0.5, 0.6) is 0 Å². The molecule has 1 aromatic heterocycles. The second kappa shape index (κ2) is 8.89. The monoisotopic (exact) mass is 484 g/mol. The zero-order valence-electron chi connectivity index (χ0n) is 15.8. The Kier molecular flexibility index (Phi) is 6.06. The molecule has 1 amide bonds. The summed E-state index contributed by atoms with van der Waals surface area (Å²) < 4.78 is 6.04. The molecule has 4 rings (SSSR count). The molecule has 0 unspecified atom stereocenters. The van der Waals surface area contributed by atoms with Gasteiger partial charge in [-0.3, -0.25) is 19.3 Å². The van der Waals surface area contributed by atoms with E-state index in [4.69, 9.17) is 4.74 Å². The fourth-order valence-corrected chi connectivity index (χ4v) is 4.28. The lowest BCUT2D eigenvalue weighted by atomic mass is 10.1. The van der Waals surface area contributed by atoms with Crippen molar-refractivity contribution < 1.29 is 19.1 Å². The Morgan fingerprint density at radius 1 is 1.13 bits per heavy atom. The molecule has 0 spiro atoms. The number of ether oxygens (including phenoxy) is 1. The maximum Gasteiger partial charge on any atom is 0.311 e. The highest BCUT2D eigenvalue weighted by molar-refractivity contribution is 9.10. The van der Waals surface area contributed by atoms with Gasteiger partial charge >= 0.3 is 5.97 Å². The Morgan fingerprint density at radius 3 is 2.60 bits per heavy atom. The Bertz CT molecular complexity index is 1080. The van der Waals surface area contributed by atoms with E-state index >= 15 is 0 Å². The van der Waals surface area contributed by atoms with Gasteiger partial charge in [-0.1, -0.05) is 58.4 Å². The van der Waals surface area contributed by atoms with E-state index < -0.39 is 11.9 Å². The molecule has 2 heterocycles. The van der Waals surface area contributed by atoms with Gasteiger partial charge in [0.05, 0.1) is 11.6 Å². The molecular weight excluding hydrogens is 468 g/mol. The van der Waals surface area contributed by atoms with Crippen molar-refractivity contribution in [3.8, 4) is 11.3 Å². The van der Waals surface area contributed by atoms with E-state index in [1.807, 2.05) is 35.7 Å². The SMILES string of the molecule is O=C(COC(=O)[C@@H]1CC(=O)N(c2nc(-c3ccccc3)cs2)C1)c1ccc(Br)cc1. The van der Waals surface area contributed by atoms with Crippen molar-refractivity contribution in [3.63, 3.8) is 0 Å². The van der Waals surface area contributed by atoms with Crippen LogP contribution in [0.4, 0.5) is 5.13 Å². The van der Waals surface area contributed by atoms with Gasteiger partial charge in [0.2, 0.25) is 5.91 Å². The molecule has 1 aliphatic rings. The van der Waals surface area contributed by atoms with Crippen molar-refractivity contribution in [2.75, 3.05) is 18.1 Å². The van der Waals surface area contributed by atoms with Gasteiger partial charge in [0, 0.05) is 33.9 Å². The maximum atomic E-state index is 12.4. The lowest BCUT2D eigenvalue weighted by Crippen LogP contribution is -2.27. The summed E-state index contributed by atoms with van der Waals surface area (Å²) in [4.78, 5) is 43.1. The summed E-state index contributed by atoms with van der Waals surface area (Å²) in [6.45, 7) is -0.146. The van der Waals surface area contributed by atoms with Gasteiger partial charge < -0.3 is 4.74 Å². The molecule has 0 N–H and O–H groups in total. The lowest BCUT2D eigenvalue weighted by molar-refractivity contribution is -0.147. The van der Waals surface area contributed by atoms with Gasteiger partial charge in [0.15, 0.2) is 17.5 Å². The number of amides is 1. The zero-order chi connectivity index (χ0) is 21.1. The van der Waals surface area contributed by atoms with E-state index in [2.05, 4.69) is 20.9 Å². The number of ketones is 1. The molecule has 2 aromatic carbocycles. The van der Waals surface area contributed by atoms with E-state index in [1.54, 1.807) is 24.3 Å². The van der Waals surface area contributed by atoms with Crippen molar-refractivity contribution in [2.24, 2.45) is 5.92 Å². The Labute approximate surface area is 185 Å². The number of rotatable bonds is 6. The number of esters is 1. The van der Waals surface area contributed by atoms with E-state index in [9.17, 15) is 14.4 Å². The zero-order valence-corrected chi connectivity index (χ0v) is 18.2. The Hall–Kier alpha value is -2.84. The number of carbonyl (C=O) groups excluding carboxylic acids is 3. The summed E-state index contributed by atoms with van der Waals surface area (Å²) in [5.74, 6) is -1.62. The van der Waals surface area contributed by atoms with E-state index in [-0.39, 0.29) is 31.3 Å². The number of nitrogens with zero attached hydrogens (tertiary/aromatic N) is 2. The molecule has 152 valence electrons. The first kappa shape index (κ1) is 20.4. The summed E-state index contributed by atoms with van der Waals surface area (Å²) in [6.07, 6.45) is 0.0472. The summed E-state index contributed by atoms with van der Waals surface area (Å²) in [5, 5.41) is 2.45. The number of Topliss-reactive ketones (excluding diaryl/α,β-unsaturated/α-hetero) is 1. The number of aromatic nitrogens is 1. The fraction of sp³-hybridized carbons (Fsp3) is 0.182. The van der Waals surface area contributed by atoms with Crippen LogP contribution in [0.3, 0.4) is 0 Å². The van der Waals surface area contributed by atoms with Crippen LogP contribution >= 0.6 is 27.3 Å². The third-order valence-electron chi connectivity index (χ3n) is 4.76. The molecule has 30 heavy (non-hydrogen) atoms. The third-order valence-corrected chi connectivity index (χ3v) is 6.15. The van der Waals surface area contributed by atoms with Gasteiger partial charge in [-0.25, -0.2) is 4.98 Å². The highest BCUT2D eigenvalue weighted by Gasteiger charge is 2.37. The molecule has 0 saturated carbocycles. The number of carbonyl (C=O) groups is 3. The summed E-state index contributed by atoms with van der Waals surface area (Å²) in [6, 6.07) is 16.5. The minimum atomic E-state index is -0.612. The van der Waals surface area contributed by atoms with Crippen LogP contribution in [0.25, 0.3) is 11.3 Å². The highest BCUT2D eigenvalue weighted by Crippen LogP contribution is 2.31. The number of benzene rings is 2. The first-order valence-electron chi connectivity index (χ1n) is 9.28. The third kappa shape index (κ3) is 4.49. The Morgan fingerprint density at radius 2 is 1.87 bits per heavy atom. The predicted octanol–water partition coefficient (Wildman–Crippen LogP) is 4.35. The normalized spacial score (nSPS) is 16.0. The molecule has 8 heteroatoms. The second-order valence-electron chi connectivity index (χ2n) is 6.82. The first-order chi connectivity index (χ1) is 14.5. The molecule has 3 aromatic rings. The van der Waals surface area contributed by atoms with Crippen molar-refractivity contribution >= 4 is 50.1 Å². The van der Waals surface area contributed by atoms with Gasteiger partial charge in [-0.2, -0.15) is 0 Å². The largest absolute Gasteiger partial charge is 0.457 e. The number of hydrogen-bond acceptors (Lipinski definition) is 6. The van der Waals surface area contributed by atoms with Crippen molar-refractivity contribution in [3.05, 3.63) is 70.0 Å². The van der Waals surface area contributed by atoms with Crippen LogP contribution in [0, 0.1) is 5.92 Å². The van der Waals surface area contributed by atoms with Crippen LogP contribution in [0.2, 0.25) is 0 Å². The number of thiazole rings is 1. The van der Waals surface area contributed by atoms with E-state index in [0.717, 1.165) is 15.7 Å². The molecule has 0 bridgehead atoms. The summed E-state index contributed by atoms with van der Waals surface area (Å²) in [5.41, 5.74) is 2.22. The van der Waals surface area contributed by atoms with Crippen LogP contribution in [0.1, 0.15) is 16.8 Å². The molecular formula is C22H17BrN2O4S. The quantitative estimate of drug-likeness (QED) is 0.383. The topological polar surface area (TPSA) is 76.6 Å². The molecule has 1 aliphatic heterocycles. The van der Waals surface area contributed by atoms with E-state index in [1.165, 1.54) is 16.2 Å². The molecule has 1 fully saturated rings. The fourth-order valence-electron chi connectivity index (χ4n) is 3.15. The Balaban J connectivity index is 1.36. The molecule has 0 aliphatic carbocycles. The second-order valence-corrected chi connectivity index (χ2v) is 8.58. The lowest BCUT2D eigenvalue weighted by Gasteiger charge is -2.12. The number of hydrogen-bond donors (Lipinski definition) is 0. The van der Waals surface area contributed by atoms with E-state index in [0.29, 0.717) is 10.7 Å². The van der Waals surface area contributed by atoms with Gasteiger partial charge in [0.25, 0.3) is 0 Å². The smallest absolute Gasteiger partial charge is 0.311 e. The van der Waals surface area contributed by atoms with Crippen LogP contribution in [-0.4, -0.2) is 35.8 Å². The number of halogens is 1. The molecule has 1 atom stereocenters. The molecule has 6 nitrogen and oxygen atoms in total. The van der Waals surface area contributed by atoms with Gasteiger partial charge in [-0.15, -0.1) is 11.3 Å². The van der Waals surface area contributed by atoms with Gasteiger partial charge in [-0.05, 0) is 12.1 Å². The van der Waals surface area contributed by atoms with Crippen LogP contribution < -0.4 is 4.90 Å². The van der Waals surface area contributed by atoms with Crippen molar-refractivity contribution in [2.45, 2.75) is 6.42 Å². The number of anilines is 1.